The number of nitrogens with zero attached hydrogens (tertiary/aromatic N) is 1. The molecule has 29 heavy (non-hydrogen) atoms. The van der Waals surface area contributed by atoms with Crippen molar-refractivity contribution in [1.29, 1.82) is 0 Å². The summed E-state index contributed by atoms with van der Waals surface area (Å²) in [5.41, 5.74) is 1.89. The molecule has 0 saturated heterocycles. The Hall–Kier alpha value is -2.70. The van der Waals surface area contributed by atoms with Gasteiger partial charge in [-0.1, -0.05) is 72.8 Å². The zero-order valence-electron chi connectivity index (χ0n) is 16.7. The molecule has 3 aromatic carbocycles. The number of rotatable bonds is 8. The summed E-state index contributed by atoms with van der Waals surface area (Å²) in [4.78, 5) is 12.8. The maximum absolute atomic E-state index is 12.8. The van der Waals surface area contributed by atoms with E-state index in [4.69, 9.17) is 0 Å². The lowest BCUT2D eigenvalue weighted by Gasteiger charge is -2.25. The molecule has 152 valence electrons. The Labute approximate surface area is 172 Å². The van der Waals surface area contributed by atoms with Crippen molar-refractivity contribution in [3.8, 4) is 0 Å². The van der Waals surface area contributed by atoms with Crippen LogP contribution >= 0.6 is 0 Å². The monoisotopic (exact) mass is 410 g/mol. The summed E-state index contributed by atoms with van der Waals surface area (Å²) in [7, 11) is -2.09. The van der Waals surface area contributed by atoms with Crippen LogP contribution in [0.3, 0.4) is 0 Å². The van der Waals surface area contributed by atoms with E-state index in [0.29, 0.717) is 12.1 Å². The second-order valence-corrected chi connectivity index (χ2v) is 9.17. The van der Waals surface area contributed by atoms with Crippen molar-refractivity contribution in [1.82, 2.24) is 9.62 Å². The van der Waals surface area contributed by atoms with Crippen LogP contribution in [0.15, 0.2) is 72.8 Å². The first-order valence-corrected chi connectivity index (χ1v) is 11.4. The third-order valence-electron chi connectivity index (χ3n) is 5.05. The van der Waals surface area contributed by atoms with Gasteiger partial charge in [-0.25, -0.2) is 8.42 Å². The molecule has 0 bridgehead atoms. The van der Waals surface area contributed by atoms with Crippen LogP contribution in [-0.2, 0) is 21.2 Å². The summed E-state index contributed by atoms with van der Waals surface area (Å²) in [5.74, 6) is -0.318. The quantitative estimate of drug-likeness (QED) is 0.578. The highest BCUT2D eigenvalue weighted by molar-refractivity contribution is 7.88. The van der Waals surface area contributed by atoms with Gasteiger partial charge in [-0.15, -0.1) is 0 Å². The third-order valence-corrected chi connectivity index (χ3v) is 6.31. The lowest BCUT2D eigenvalue weighted by Crippen LogP contribution is -2.41. The Bertz CT molecular complexity index is 1080. The average molecular weight is 411 g/mol. The van der Waals surface area contributed by atoms with Crippen LogP contribution in [0.2, 0.25) is 0 Å². The summed E-state index contributed by atoms with van der Waals surface area (Å²) in [6, 6.07) is 22.6. The van der Waals surface area contributed by atoms with Crippen LogP contribution in [0, 0.1) is 0 Å². The number of fused-ring (bicyclic) bond motifs is 1. The first kappa shape index (κ1) is 21.0. The molecule has 5 nitrogen and oxygen atoms in total. The predicted molar refractivity (Wildman–Crippen MR) is 117 cm³/mol. The zero-order chi connectivity index (χ0) is 20.9. The Balaban J connectivity index is 1.66. The van der Waals surface area contributed by atoms with Crippen molar-refractivity contribution in [3.63, 3.8) is 0 Å². The molecule has 0 aliphatic carbocycles. The van der Waals surface area contributed by atoms with E-state index in [0.717, 1.165) is 23.4 Å². The van der Waals surface area contributed by atoms with Gasteiger partial charge in [0.05, 0.1) is 6.26 Å². The number of nitrogens with one attached hydrogen (secondary N) is 1. The highest BCUT2D eigenvalue weighted by Crippen LogP contribution is 2.22. The number of aryl methyl sites for hydroxylation is 1. The SMILES string of the molecule is CN(C(C(=O)NCCCc1cccc2ccccc12)c1ccccc1)S(C)(=O)=O. The largest absolute Gasteiger partial charge is 0.354 e. The van der Waals surface area contributed by atoms with E-state index in [1.54, 1.807) is 24.3 Å². The van der Waals surface area contributed by atoms with Crippen LogP contribution in [0.4, 0.5) is 0 Å². The van der Waals surface area contributed by atoms with Crippen molar-refractivity contribution in [2.75, 3.05) is 19.8 Å². The number of sulfonamides is 1. The van der Waals surface area contributed by atoms with Crippen LogP contribution in [-0.4, -0.2) is 38.5 Å². The van der Waals surface area contributed by atoms with Crippen molar-refractivity contribution in [3.05, 3.63) is 83.9 Å². The molecule has 0 radical (unpaired) electrons. The molecule has 0 heterocycles. The van der Waals surface area contributed by atoms with Crippen LogP contribution < -0.4 is 5.32 Å². The topological polar surface area (TPSA) is 66.5 Å². The van der Waals surface area contributed by atoms with E-state index >= 15 is 0 Å². The minimum atomic E-state index is -3.52. The summed E-state index contributed by atoms with van der Waals surface area (Å²) in [6.07, 6.45) is 2.71. The van der Waals surface area contributed by atoms with Gasteiger partial charge >= 0.3 is 0 Å². The van der Waals surface area contributed by atoms with Gasteiger partial charge in [0, 0.05) is 13.6 Å². The molecule has 1 N–H and O–H groups in total. The fraction of sp³-hybridized carbons (Fsp3) is 0.261. The average Bonchev–Trinajstić information content (AvgIpc) is 2.71. The maximum Gasteiger partial charge on any atom is 0.242 e. The molecule has 0 fully saturated rings. The zero-order valence-corrected chi connectivity index (χ0v) is 17.5. The number of likely N-dealkylation sites (N-methyl/N-ethyl adjacent to an activating group) is 1. The molecule has 0 aliphatic rings. The lowest BCUT2D eigenvalue weighted by atomic mass is 10.0. The van der Waals surface area contributed by atoms with Gasteiger partial charge in [-0.3, -0.25) is 4.79 Å². The van der Waals surface area contributed by atoms with Crippen LogP contribution in [0.25, 0.3) is 10.8 Å². The Morgan fingerprint density at radius 2 is 1.62 bits per heavy atom. The van der Waals surface area contributed by atoms with Crippen molar-refractivity contribution >= 4 is 26.7 Å². The minimum Gasteiger partial charge on any atom is -0.354 e. The standard InChI is InChI=1S/C23H26N2O3S/c1-25(29(2,27)28)22(20-11-4-3-5-12-20)23(26)24-17-9-15-19-14-8-13-18-10-6-7-16-21(18)19/h3-8,10-14,16,22H,9,15,17H2,1-2H3,(H,24,26). The van der Waals surface area contributed by atoms with E-state index in [1.807, 2.05) is 24.3 Å². The molecule has 0 saturated carbocycles. The number of carbonyl (C=O) groups is 1. The van der Waals surface area contributed by atoms with Gasteiger partial charge in [-0.2, -0.15) is 4.31 Å². The fourth-order valence-electron chi connectivity index (χ4n) is 3.45. The van der Waals surface area contributed by atoms with Gasteiger partial charge < -0.3 is 5.32 Å². The molecule has 0 aliphatic heterocycles. The molecule has 1 unspecified atom stereocenters. The van der Waals surface area contributed by atoms with Crippen molar-refractivity contribution < 1.29 is 13.2 Å². The molecule has 6 heteroatoms. The van der Waals surface area contributed by atoms with Crippen LogP contribution in [0.1, 0.15) is 23.6 Å². The Morgan fingerprint density at radius 3 is 2.34 bits per heavy atom. The number of hydrogen-bond acceptors (Lipinski definition) is 3. The van der Waals surface area contributed by atoms with E-state index < -0.39 is 16.1 Å². The molecule has 0 aromatic heterocycles. The number of hydrogen-bond donors (Lipinski definition) is 1. The first-order chi connectivity index (χ1) is 13.9. The summed E-state index contributed by atoms with van der Waals surface area (Å²) in [5, 5.41) is 5.33. The highest BCUT2D eigenvalue weighted by Gasteiger charge is 2.30. The van der Waals surface area contributed by atoms with Gasteiger partial charge in [0.2, 0.25) is 15.9 Å². The summed E-state index contributed by atoms with van der Waals surface area (Å²) < 4.78 is 25.2. The molecule has 3 aromatic rings. The van der Waals surface area contributed by atoms with Gasteiger partial charge in [0.25, 0.3) is 0 Å². The van der Waals surface area contributed by atoms with Crippen molar-refractivity contribution in [2.45, 2.75) is 18.9 Å². The normalized spacial score (nSPS) is 12.8. The Morgan fingerprint density at radius 1 is 0.966 bits per heavy atom. The van der Waals surface area contributed by atoms with E-state index in [-0.39, 0.29) is 5.91 Å². The molecular weight excluding hydrogens is 384 g/mol. The molecule has 1 atom stereocenters. The fourth-order valence-corrected chi connectivity index (χ4v) is 4.05. The predicted octanol–water partition coefficient (Wildman–Crippen LogP) is 3.52. The molecule has 3 rings (SSSR count). The smallest absolute Gasteiger partial charge is 0.242 e. The molecule has 0 spiro atoms. The number of carbonyl (C=O) groups excluding carboxylic acids is 1. The molecule has 1 amide bonds. The van der Waals surface area contributed by atoms with Crippen molar-refractivity contribution in [2.24, 2.45) is 0 Å². The van der Waals surface area contributed by atoms with Gasteiger partial charge in [-0.05, 0) is 34.7 Å². The van der Waals surface area contributed by atoms with Gasteiger partial charge in [0.15, 0.2) is 0 Å². The van der Waals surface area contributed by atoms with E-state index in [2.05, 4.69) is 29.6 Å². The summed E-state index contributed by atoms with van der Waals surface area (Å²) >= 11 is 0. The highest BCUT2D eigenvalue weighted by atomic mass is 32.2. The Kier molecular flexibility index (Phi) is 6.67. The second-order valence-electron chi connectivity index (χ2n) is 7.13. The second kappa shape index (κ2) is 9.20. The van der Waals surface area contributed by atoms with Gasteiger partial charge in [0.1, 0.15) is 6.04 Å². The van der Waals surface area contributed by atoms with Crippen LogP contribution in [0.5, 0.6) is 0 Å². The van der Waals surface area contributed by atoms with E-state index in [9.17, 15) is 13.2 Å². The maximum atomic E-state index is 12.8. The third kappa shape index (κ3) is 5.22. The lowest BCUT2D eigenvalue weighted by molar-refractivity contribution is -0.124. The minimum absolute atomic E-state index is 0.318. The molecular formula is C23H26N2O3S. The van der Waals surface area contributed by atoms with E-state index in [1.165, 1.54) is 23.4 Å². The number of benzene rings is 3. The number of amides is 1. The summed E-state index contributed by atoms with van der Waals surface area (Å²) in [6.45, 7) is 0.475. The first-order valence-electron chi connectivity index (χ1n) is 9.60.